The van der Waals surface area contributed by atoms with Gasteiger partial charge in [-0.3, -0.25) is 14.8 Å². The molecule has 0 saturated heterocycles. The van der Waals surface area contributed by atoms with Crippen LogP contribution in [-0.2, 0) is 6.54 Å². The maximum absolute atomic E-state index is 10.9. The Morgan fingerprint density at radius 1 is 1.33 bits per heavy atom. The number of benzene rings is 1. The van der Waals surface area contributed by atoms with Crippen molar-refractivity contribution in [3.63, 3.8) is 0 Å². The minimum Gasteiger partial charge on any atom is -0.384 e. The van der Waals surface area contributed by atoms with Gasteiger partial charge in [0.2, 0.25) is 0 Å². The summed E-state index contributed by atoms with van der Waals surface area (Å²) in [7, 11) is 0. The van der Waals surface area contributed by atoms with Crippen LogP contribution in [0.2, 0.25) is 0 Å². The summed E-state index contributed by atoms with van der Waals surface area (Å²) in [5, 5.41) is 15.9. The lowest BCUT2D eigenvalue weighted by Gasteiger charge is -2.04. The molecule has 0 aliphatic heterocycles. The number of rotatable bonds is 3. The van der Waals surface area contributed by atoms with E-state index in [2.05, 4.69) is 15.1 Å². The number of nitro groups is 1. The highest BCUT2D eigenvalue weighted by Gasteiger charge is 2.11. The molecule has 2 heterocycles. The van der Waals surface area contributed by atoms with E-state index >= 15 is 0 Å². The number of aromatic nitrogens is 4. The first kappa shape index (κ1) is 13.0. The summed E-state index contributed by atoms with van der Waals surface area (Å²) < 4.78 is 1.62. The van der Waals surface area contributed by atoms with Crippen LogP contribution in [0.1, 0.15) is 11.5 Å². The molecule has 0 bridgehead atoms. The van der Waals surface area contributed by atoms with Crippen molar-refractivity contribution in [2.24, 2.45) is 0 Å². The van der Waals surface area contributed by atoms with Crippen LogP contribution in [0, 0.1) is 17.0 Å². The van der Waals surface area contributed by atoms with Gasteiger partial charge >= 0.3 is 0 Å². The van der Waals surface area contributed by atoms with Gasteiger partial charge in [-0.25, -0.2) is 9.97 Å². The van der Waals surface area contributed by atoms with Crippen molar-refractivity contribution in [1.82, 2.24) is 19.7 Å². The first-order valence-corrected chi connectivity index (χ1v) is 6.23. The highest BCUT2D eigenvalue weighted by molar-refractivity contribution is 5.81. The fourth-order valence-electron chi connectivity index (χ4n) is 2.16. The normalized spacial score (nSPS) is 10.9. The Hall–Kier alpha value is -3.03. The van der Waals surface area contributed by atoms with Crippen LogP contribution in [0.5, 0.6) is 0 Å². The van der Waals surface area contributed by atoms with Crippen molar-refractivity contribution in [2.45, 2.75) is 13.5 Å². The Kier molecular flexibility index (Phi) is 2.98. The average molecular weight is 284 g/mol. The lowest BCUT2D eigenvalue weighted by atomic mass is 10.2. The van der Waals surface area contributed by atoms with Crippen molar-refractivity contribution in [3.05, 3.63) is 52.1 Å². The van der Waals surface area contributed by atoms with Gasteiger partial charge in [0.25, 0.3) is 5.69 Å². The quantitative estimate of drug-likeness (QED) is 0.578. The highest BCUT2D eigenvalue weighted by Crippen LogP contribution is 2.21. The van der Waals surface area contributed by atoms with Crippen LogP contribution in [-0.4, -0.2) is 24.7 Å². The predicted molar refractivity (Wildman–Crippen MR) is 76.7 cm³/mol. The van der Waals surface area contributed by atoms with Gasteiger partial charge in [-0.2, -0.15) is 5.10 Å². The van der Waals surface area contributed by atoms with Crippen LogP contribution in [0.25, 0.3) is 10.9 Å². The van der Waals surface area contributed by atoms with Crippen LogP contribution in [0.15, 0.2) is 30.5 Å². The molecule has 8 nitrogen and oxygen atoms in total. The molecule has 0 unspecified atom stereocenters. The molecule has 0 aliphatic rings. The van der Waals surface area contributed by atoms with E-state index in [1.54, 1.807) is 23.0 Å². The van der Waals surface area contributed by atoms with Crippen molar-refractivity contribution in [2.75, 3.05) is 5.73 Å². The molecule has 3 aromatic rings. The van der Waals surface area contributed by atoms with Crippen molar-refractivity contribution >= 4 is 22.4 Å². The summed E-state index contributed by atoms with van der Waals surface area (Å²) in [6.07, 6.45) is 1.65. The second kappa shape index (κ2) is 4.82. The van der Waals surface area contributed by atoms with Crippen molar-refractivity contribution in [3.8, 4) is 0 Å². The highest BCUT2D eigenvalue weighted by atomic mass is 16.6. The number of nitro benzene ring substituents is 1. The zero-order valence-electron chi connectivity index (χ0n) is 11.2. The van der Waals surface area contributed by atoms with E-state index in [0.717, 1.165) is 11.1 Å². The zero-order chi connectivity index (χ0) is 15.0. The molecule has 0 aliphatic carbocycles. The SMILES string of the molecule is Cc1cc(N)nc(Cn2ncc3ccc([N+](=O)[O-])cc32)n1. The fraction of sp³-hybridized carbons (Fsp3) is 0.154. The number of non-ortho nitro benzene ring substituents is 1. The van der Waals surface area contributed by atoms with Gasteiger partial charge in [0.05, 0.1) is 16.6 Å². The Labute approximate surface area is 119 Å². The number of hydrogen-bond acceptors (Lipinski definition) is 6. The second-order valence-electron chi connectivity index (χ2n) is 4.65. The average Bonchev–Trinajstić information content (AvgIpc) is 2.80. The van der Waals surface area contributed by atoms with E-state index in [0.29, 0.717) is 23.7 Å². The second-order valence-corrected chi connectivity index (χ2v) is 4.65. The number of anilines is 1. The van der Waals surface area contributed by atoms with Gasteiger partial charge in [-0.15, -0.1) is 0 Å². The number of hydrogen-bond donors (Lipinski definition) is 1. The summed E-state index contributed by atoms with van der Waals surface area (Å²) in [5.41, 5.74) is 7.14. The molecule has 106 valence electrons. The summed E-state index contributed by atoms with van der Waals surface area (Å²) in [4.78, 5) is 18.9. The molecular formula is C13H12N6O2. The molecule has 8 heteroatoms. The molecule has 3 rings (SSSR count). The number of nitrogen functional groups attached to an aromatic ring is 1. The van der Waals surface area contributed by atoms with Gasteiger partial charge in [-0.05, 0) is 13.0 Å². The lowest BCUT2D eigenvalue weighted by Crippen LogP contribution is -2.08. The van der Waals surface area contributed by atoms with Crippen LogP contribution < -0.4 is 5.73 Å². The van der Waals surface area contributed by atoms with Gasteiger partial charge in [0.15, 0.2) is 5.82 Å². The van der Waals surface area contributed by atoms with E-state index in [4.69, 9.17) is 5.73 Å². The third-order valence-electron chi connectivity index (χ3n) is 3.05. The maximum atomic E-state index is 10.9. The van der Waals surface area contributed by atoms with E-state index < -0.39 is 4.92 Å². The Balaban J connectivity index is 2.03. The molecule has 1 aromatic carbocycles. The zero-order valence-corrected chi connectivity index (χ0v) is 11.2. The summed E-state index contributed by atoms with van der Waals surface area (Å²) >= 11 is 0. The monoisotopic (exact) mass is 284 g/mol. The van der Waals surface area contributed by atoms with E-state index in [9.17, 15) is 10.1 Å². The Morgan fingerprint density at radius 2 is 2.14 bits per heavy atom. The summed E-state index contributed by atoms with van der Waals surface area (Å²) in [6.45, 7) is 2.13. The van der Waals surface area contributed by atoms with Gasteiger partial charge < -0.3 is 5.73 Å². The molecule has 0 amide bonds. The molecule has 2 N–H and O–H groups in total. The lowest BCUT2D eigenvalue weighted by molar-refractivity contribution is -0.384. The number of nitrogens with two attached hydrogens (primary N) is 1. The molecule has 0 saturated carbocycles. The summed E-state index contributed by atoms with van der Waals surface area (Å²) in [6, 6.07) is 6.29. The predicted octanol–water partition coefficient (Wildman–Crippen LogP) is 1.67. The molecular weight excluding hydrogens is 272 g/mol. The van der Waals surface area contributed by atoms with Gasteiger partial charge in [0.1, 0.15) is 12.4 Å². The minimum absolute atomic E-state index is 0.0222. The van der Waals surface area contributed by atoms with E-state index in [1.807, 2.05) is 6.92 Å². The Morgan fingerprint density at radius 3 is 2.86 bits per heavy atom. The maximum Gasteiger partial charge on any atom is 0.271 e. The summed E-state index contributed by atoms with van der Waals surface area (Å²) in [5.74, 6) is 0.906. The number of aryl methyl sites for hydroxylation is 1. The van der Waals surface area contributed by atoms with E-state index in [1.165, 1.54) is 12.1 Å². The molecule has 2 aromatic heterocycles. The van der Waals surface area contributed by atoms with Crippen LogP contribution >= 0.6 is 0 Å². The molecule has 0 fully saturated rings. The molecule has 0 spiro atoms. The van der Waals surface area contributed by atoms with Crippen LogP contribution in [0.3, 0.4) is 0 Å². The van der Waals surface area contributed by atoms with Crippen molar-refractivity contribution < 1.29 is 4.92 Å². The minimum atomic E-state index is -0.433. The standard InChI is InChI=1S/C13H12N6O2/c1-8-4-12(14)17-13(16-8)7-18-11-5-10(19(20)21)3-2-9(11)6-15-18/h2-6H,7H2,1H3,(H2,14,16,17). The third-order valence-corrected chi connectivity index (χ3v) is 3.05. The number of nitrogens with zero attached hydrogens (tertiary/aromatic N) is 5. The molecule has 0 atom stereocenters. The van der Waals surface area contributed by atoms with Gasteiger partial charge in [-0.1, -0.05) is 0 Å². The molecule has 0 radical (unpaired) electrons. The Bertz CT molecular complexity index is 822. The third kappa shape index (κ3) is 2.50. The fourth-order valence-corrected chi connectivity index (χ4v) is 2.16. The van der Waals surface area contributed by atoms with Gasteiger partial charge in [0, 0.05) is 29.3 Å². The first-order chi connectivity index (χ1) is 10.0. The number of fused-ring (bicyclic) bond motifs is 1. The van der Waals surface area contributed by atoms with E-state index in [-0.39, 0.29) is 5.69 Å². The van der Waals surface area contributed by atoms with Crippen molar-refractivity contribution in [1.29, 1.82) is 0 Å². The first-order valence-electron chi connectivity index (χ1n) is 6.23. The molecule has 21 heavy (non-hydrogen) atoms. The largest absolute Gasteiger partial charge is 0.384 e. The smallest absolute Gasteiger partial charge is 0.271 e. The van der Waals surface area contributed by atoms with Crippen LogP contribution in [0.4, 0.5) is 11.5 Å². The topological polar surface area (TPSA) is 113 Å².